The van der Waals surface area contributed by atoms with Gasteiger partial charge in [0.1, 0.15) is 6.61 Å². The molecule has 0 unspecified atom stereocenters. The molecule has 0 heterocycles. The highest BCUT2D eigenvalue weighted by atomic mass is 79.9. The molecular formula is C24H29BrClNO2. The highest BCUT2D eigenvalue weighted by Gasteiger charge is 2.12. The van der Waals surface area contributed by atoms with Crippen LogP contribution < -0.4 is 14.8 Å². The summed E-state index contributed by atoms with van der Waals surface area (Å²) in [6, 6.07) is 11.8. The Labute approximate surface area is 187 Å². The van der Waals surface area contributed by atoms with Crippen LogP contribution in [0.15, 0.2) is 52.5 Å². The van der Waals surface area contributed by atoms with Gasteiger partial charge >= 0.3 is 0 Å². The second-order valence-corrected chi connectivity index (χ2v) is 8.56. The monoisotopic (exact) mass is 477 g/mol. The minimum absolute atomic E-state index is 0.469. The Morgan fingerprint density at radius 1 is 1.07 bits per heavy atom. The molecule has 0 saturated carbocycles. The van der Waals surface area contributed by atoms with Gasteiger partial charge < -0.3 is 14.8 Å². The number of benzene rings is 2. The van der Waals surface area contributed by atoms with E-state index in [9.17, 15) is 0 Å². The molecule has 0 saturated heterocycles. The Bertz CT molecular complexity index is 820. The number of hydrogen-bond donors (Lipinski definition) is 1. The molecule has 3 nitrogen and oxygen atoms in total. The molecule has 0 amide bonds. The zero-order valence-electron chi connectivity index (χ0n) is 17.0. The maximum Gasteiger partial charge on any atom is 0.162 e. The number of hydrogen-bond acceptors (Lipinski definition) is 3. The standard InChI is InChI=1S/C24H29BrClNO2/c1-2-28-23-14-20(16-27-13-12-18-6-4-3-5-7-18)22(25)15-24(23)29-17-19-8-10-21(26)11-9-19/h6,8-11,14-15,27H,2-5,7,12-13,16-17H2,1H3. The highest BCUT2D eigenvalue weighted by Crippen LogP contribution is 2.34. The number of nitrogens with one attached hydrogen (secondary N) is 1. The molecule has 2 aromatic rings. The molecule has 0 spiro atoms. The topological polar surface area (TPSA) is 30.5 Å². The second-order valence-electron chi connectivity index (χ2n) is 7.27. The second kappa shape index (κ2) is 11.6. The lowest BCUT2D eigenvalue weighted by Crippen LogP contribution is -2.16. The van der Waals surface area contributed by atoms with Crippen molar-refractivity contribution >= 4 is 27.5 Å². The predicted molar refractivity (Wildman–Crippen MR) is 124 cm³/mol. The zero-order chi connectivity index (χ0) is 20.5. The first-order valence-electron chi connectivity index (χ1n) is 10.4. The summed E-state index contributed by atoms with van der Waals surface area (Å²) in [5, 5.41) is 4.29. The Morgan fingerprint density at radius 3 is 2.59 bits per heavy atom. The van der Waals surface area contributed by atoms with Crippen LogP contribution in [0.2, 0.25) is 5.02 Å². The first kappa shape index (κ1) is 22.2. The average molecular weight is 479 g/mol. The van der Waals surface area contributed by atoms with Crippen molar-refractivity contribution in [2.45, 2.75) is 52.2 Å². The van der Waals surface area contributed by atoms with Crippen LogP contribution >= 0.6 is 27.5 Å². The third-order valence-corrected chi connectivity index (χ3v) is 6.03. The Morgan fingerprint density at radius 2 is 1.86 bits per heavy atom. The third-order valence-electron chi connectivity index (χ3n) is 5.04. The molecule has 156 valence electrons. The molecule has 1 aliphatic carbocycles. The Balaban J connectivity index is 1.59. The van der Waals surface area contributed by atoms with Crippen LogP contribution in [0.25, 0.3) is 0 Å². The number of allylic oxidation sites excluding steroid dienone is 1. The van der Waals surface area contributed by atoms with E-state index < -0.39 is 0 Å². The quantitative estimate of drug-likeness (QED) is 0.293. The van der Waals surface area contributed by atoms with E-state index >= 15 is 0 Å². The van der Waals surface area contributed by atoms with Gasteiger partial charge in [-0.3, -0.25) is 0 Å². The van der Waals surface area contributed by atoms with Crippen molar-refractivity contribution in [3.05, 3.63) is 68.7 Å². The SMILES string of the molecule is CCOc1cc(CNCCC2=CCCCC2)c(Br)cc1OCc1ccc(Cl)cc1. The lowest BCUT2D eigenvalue weighted by molar-refractivity contribution is 0.269. The molecular weight excluding hydrogens is 450 g/mol. The molecule has 0 aromatic heterocycles. The van der Waals surface area contributed by atoms with Crippen molar-refractivity contribution in [3.63, 3.8) is 0 Å². The number of halogens is 2. The smallest absolute Gasteiger partial charge is 0.162 e. The fraction of sp³-hybridized carbons (Fsp3) is 0.417. The fourth-order valence-electron chi connectivity index (χ4n) is 3.44. The maximum atomic E-state index is 6.03. The summed E-state index contributed by atoms with van der Waals surface area (Å²) in [5.74, 6) is 1.52. The van der Waals surface area contributed by atoms with Gasteiger partial charge in [-0.2, -0.15) is 0 Å². The van der Waals surface area contributed by atoms with Gasteiger partial charge in [-0.25, -0.2) is 0 Å². The predicted octanol–water partition coefficient (Wildman–Crippen LogP) is 7.06. The normalized spacial score (nSPS) is 13.8. The molecule has 5 heteroatoms. The van der Waals surface area contributed by atoms with E-state index in [2.05, 4.69) is 33.4 Å². The van der Waals surface area contributed by atoms with Crippen LogP contribution in [0.5, 0.6) is 11.5 Å². The van der Waals surface area contributed by atoms with E-state index in [1.165, 1.54) is 31.2 Å². The molecule has 0 fully saturated rings. The molecule has 0 aliphatic heterocycles. The van der Waals surface area contributed by atoms with Gasteiger partial charge in [0.2, 0.25) is 0 Å². The molecule has 0 atom stereocenters. The fourth-order valence-corrected chi connectivity index (χ4v) is 4.03. The molecule has 2 aromatic carbocycles. The minimum atomic E-state index is 0.469. The molecule has 29 heavy (non-hydrogen) atoms. The van der Waals surface area contributed by atoms with Gasteiger partial charge in [-0.15, -0.1) is 0 Å². The summed E-state index contributed by atoms with van der Waals surface area (Å²) in [5.41, 5.74) is 3.84. The summed E-state index contributed by atoms with van der Waals surface area (Å²) in [7, 11) is 0. The van der Waals surface area contributed by atoms with Crippen molar-refractivity contribution < 1.29 is 9.47 Å². The molecule has 1 N–H and O–H groups in total. The van der Waals surface area contributed by atoms with Crippen LogP contribution in [-0.2, 0) is 13.2 Å². The van der Waals surface area contributed by atoms with E-state index in [0.29, 0.717) is 13.2 Å². The molecule has 3 rings (SSSR count). The van der Waals surface area contributed by atoms with E-state index in [4.69, 9.17) is 21.1 Å². The lowest BCUT2D eigenvalue weighted by Gasteiger charge is -2.16. The summed E-state index contributed by atoms with van der Waals surface area (Å²) in [4.78, 5) is 0. The third kappa shape index (κ3) is 7.06. The molecule has 1 aliphatic rings. The van der Waals surface area contributed by atoms with E-state index in [1.54, 1.807) is 5.57 Å². The van der Waals surface area contributed by atoms with Crippen LogP contribution in [0.1, 0.15) is 50.2 Å². The van der Waals surface area contributed by atoms with Crippen molar-refractivity contribution in [3.8, 4) is 11.5 Å². The van der Waals surface area contributed by atoms with Crippen molar-refractivity contribution in [2.75, 3.05) is 13.2 Å². The highest BCUT2D eigenvalue weighted by molar-refractivity contribution is 9.10. The van der Waals surface area contributed by atoms with E-state index in [-0.39, 0.29) is 0 Å². The van der Waals surface area contributed by atoms with Gasteiger partial charge in [0.15, 0.2) is 11.5 Å². The van der Waals surface area contributed by atoms with E-state index in [0.717, 1.165) is 46.1 Å². The van der Waals surface area contributed by atoms with Crippen LogP contribution in [0.4, 0.5) is 0 Å². The van der Waals surface area contributed by atoms with Crippen LogP contribution in [0.3, 0.4) is 0 Å². The first-order valence-corrected chi connectivity index (χ1v) is 11.5. The lowest BCUT2D eigenvalue weighted by atomic mass is 9.97. The summed E-state index contributed by atoms with van der Waals surface area (Å²) in [6.45, 7) is 4.85. The maximum absolute atomic E-state index is 6.03. The van der Waals surface area contributed by atoms with Crippen molar-refractivity contribution in [2.24, 2.45) is 0 Å². The average Bonchev–Trinajstić information content (AvgIpc) is 2.74. The van der Waals surface area contributed by atoms with Gasteiger partial charge in [0, 0.05) is 16.0 Å². The van der Waals surface area contributed by atoms with Crippen molar-refractivity contribution in [1.29, 1.82) is 0 Å². The number of ether oxygens (including phenoxy) is 2. The first-order chi connectivity index (χ1) is 14.2. The minimum Gasteiger partial charge on any atom is -0.490 e. The van der Waals surface area contributed by atoms with E-state index in [1.807, 2.05) is 37.3 Å². The van der Waals surface area contributed by atoms with Crippen LogP contribution in [0, 0.1) is 0 Å². The number of rotatable bonds is 10. The van der Waals surface area contributed by atoms with Gasteiger partial charge in [0.05, 0.1) is 6.61 Å². The molecule has 0 bridgehead atoms. The summed E-state index contributed by atoms with van der Waals surface area (Å²) in [6.07, 6.45) is 8.75. The summed E-state index contributed by atoms with van der Waals surface area (Å²) < 4.78 is 12.9. The molecule has 0 radical (unpaired) electrons. The van der Waals surface area contributed by atoms with Gasteiger partial charge in [-0.1, -0.05) is 51.3 Å². The van der Waals surface area contributed by atoms with Gasteiger partial charge in [0.25, 0.3) is 0 Å². The summed E-state index contributed by atoms with van der Waals surface area (Å²) >= 11 is 9.65. The largest absolute Gasteiger partial charge is 0.490 e. The van der Waals surface area contributed by atoms with Gasteiger partial charge in [-0.05, 0) is 81.0 Å². The zero-order valence-corrected chi connectivity index (χ0v) is 19.3. The Hall–Kier alpha value is -1.49. The van der Waals surface area contributed by atoms with Crippen LogP contribution in [-0.4, -0.2) is 13.2 Å². The van der Waals surface area contributed by atoms with Crippen molar-refractivity contribution in [1.82, 2.24) is 5.32 Å². The Kier molecular flexibility index (Phi) is 8.91.